The molecule has 2 N–H and O–H groups in total. The van der Waals surface area contributed by atoms with E-state index in [1.54, 1.807) is 4.57 Å². The van der Waals surface area contributed by atoms with E-state index in [0.717, 1.165) is 30.8 Å². The molecule has 0 amide bonds. The number of nitrogens with two attached hydrogens (primary N) is 1. The van der Waals surface area contributed by atoms with E-state index >= 15 is 0 Å². The van der Waals surface area contributed by atoms with Crippen LogP contribution in [0.5, 0.6) is 0 Å². The van der Waals surface area contributed by atoms with Crippen LogP contribution in [0.25, 0.3) is 11.0 Å². The fourth-order valence-corrected chi connectivity index (χ4v) is 4.27. The lowest BCUT2D eigenvalue weighted by Gasteiger charge is -2.33. The van der Waals surface area contributed by atoms with Gasteiger partial charge in [0.25, 0.3) is 5.56 Å². The van der Waals surface area contributed by atoms with Crippen molar-refractivity contribution in [1.29, 1.82) is 5.26 Å². The Kier molecular flexibility index (Phi) is 6.35. The molecule has 2 aromatic heterocycles. The minimum Gasteiger partial charge on any atom is -0.380 e. The Morgan fingerprint density at radius 3 is 2.84 bits per heavy atom. The van der Waals surface area contributed by atoms with Crippen LogP contribution in [0.4, 0.5) is 5.82 Å². The molecule has 1 aliphatic rings. The second-order valence-electron chi connectivity index (χ2n) is 7.87. The molecule has 0 saturated carbocycles. The van der Waals surface area contributed by atoms with Crippen molar-refractivity contribution < 1.29 is 4.74 Å². The van der Waals surface area contributed by atoms with Crippen LogP contribution in [0.1, 0.15) is 30.9 Å². The van der Waals surface area contributed by atoms with Crippen molar-refractivity contribution in [2.45, 2.75) is 38.9 Å². The van der Waals surface area contributed by atoms with Gasteiger partial charge in [-0.25, -0.2) is 4.98 Å². The quantitative estimate of drug-likeness (QED) is 0.587. The third-order valence-corrected chi connectivity index (χ3v) is 5.73. The van der Waals surface area contributed by atoms with Crippen molar-refractivity contribution in [3.8, 4) is 6.07 Å². The predicted molar refractivity (Wildman–Crippen MR) is 120 cm³/mol. The van der Waals surface area contributed by atoms with Gasteiger partial charge in [-0.3, -0.25) is 9.36 Å². The van der Waals surface area contributed by atoms with Crippen LogP contribution in [0.3, 0.4) is 0 Å². The molecule has 31 heavy (non-hydrogen) atoms. The lowest BCUT2D eigenvalue weighted by atomic mass is 10.1. The van der Waals surface area contributed by atoms with Crippen LogP contribution >= 0.6 is 0 Å². The topological polar surface area (TPSA) is 102 Å². The number of anilines is 1. The molecule has 8 nitrogen and oxygen atoms in total. The third kappa shape index (κ3) is 4.20. The van der Waals surface area contributed by atoms with E-state index in [4.69, 9.17) is 10.5 Å². The first kappa shape index (κ1) is 21.1. The zero-order valence-corrected chi connectivity index (χ0v) is 17.8. The van der Waals surface area contributed by atoms with Crippen LogP contribution in [0.2, 0.25) is 0 Å². The van der Waals surface area contributed by atoms with E-state index in [-0.39, 0.29) is 11.6 Å². The highest BCUT2D eigenvalue weighted by Gasteiger charge is 2.28. The molecule has 0 radical (unpaired) electrons. The molecular formula is C23H28N6O2. The molecule has 0 bridgehead atoms. The Bertz CT molecular complexity index is 1140. The van der Waals surface area contributed by atoms with Crippen molar-refractivity contribution in [1.82, 2.24) is 14.1 Å². The normalized spacial score (nSPS) is 16.5. The molecule has 1 saturated heterocycles. The maximum Gasteiger partial charge on any atom is 0.278 e. The Morgan fingerprint density at radius 2 is 2.13 bits per heavy atom. The standard InChI is InChI=1S/C23H28N6O2/c1-2-31-12-11-28-16-26-20-19(13-24)22(27-10-6-9-18(25)15-27)29(21(20)23(28)30)14-17-7-4-3-5-8-17/h3-5,7-8,16,18H,2,6,9-12,14-15,25H2,1H3/t18-/m0/s1. The van der Waals surface area contributed by atoms with Crippen molar-refractivity contribution in [2.75, 3.05) is 31.2 Å². The van der Waals surface area contributed by atoms with Gasteiger partial charge in [0.05, 0.1) is 19.5 Å². The smallest absolute Gasteiger partial charge is 0.278 e. The molecule has 0 aliphatic carbocycles. The van der Waals surface area contributed by atoms with Gasteiger partial charge in [-0.15, -0.1) is 0 Å². The average Bonchev–Trinajstić information content (AvgIpc) is 3.10. The molecule has 1 aliphatic heterocycles. The molecule has 1 fully saturated rings. The van der Waals surface area contributed by atoms with Crippen LogP contribution in [0, 0.1) is 11.3 Å². The molecule has 1 atom stereocenters. The monoisotopic (exact) mass is 420 g/mol. The molecule has 4 rings (SSSR count). The summed E-state index contributed by atoms with van der Waals surface area (Å²) < 4.78 is 8.93. The summed E-state index contributed by atoms with van der Waals surface area (Å²) in [7, 11) is 0. The Morgan fingerprint density at radius 1 is 1.32 bits per heavy atom. The number of nitriles is 1. The zero-order valence-electron chi connectivity index (χ0n) is 17.8. The van der Waals surface area contributed by atoms with Gasteiger partial charge in [-0.1, -0.05) is 30.3 Å². The minimum atomic E-state index is -0.162. The number of fused-ring (bicyclic) bond motifs is 1. The minimum absolute atomic E-state index is 0.0410. The predicted octanol–water partition coefficient (Wildman–Crippen LogP) is 2.08. The number of benzene rings is 1. The van der Waals surface area contributed by atoms with Crippen molar-refractivity contribution >= 4 is 16.9 Å². The fraction of sp³-hybridized carbons (Fsp3) is 0.435. The number of hydrogen-bond donors (Lipinski definition) is 1. The van der Waals surface area contributed by atoms with Gasteiger partial charge in [-0.05, 0) is 25.3 Å². The molecule has 3 heterocycles. The van der Waals surface area contributed by atoms with Crippen LogP contribution in [0.15, 0.2) is 41.5 Å². The summed E-state index contributed by atoms with van der Waals surface area (Å²) in [5.41, 5.74) is 8.47. The number of ether oxygens (including phenoxy) is 1. The first-order valence-corrected chi connectivity index (χ1v) is 10.8. The van der Waals surface area contributed by atoms with Gasteiger partial charge in [0.2, 0.25) is 0 Å². The van der Waals surface area contributed by atoms with Gasteiger partial charge >= 0.3 is 0 Å². The summed E-state index contributed by atoms with van der Waals surface area (Å²) in [5, 5.41) is 10.0. The maximum absolute atomic E-state index is 13.5. The number of piperidine rings is 1. The Labute approximate surface area is 181 Å². The molecular weight excluding hydrogens is 392 g/mol. The van der Waals surface area contributed by atoms with E-state index in [2.05, 4.69) is 16.0 Å². The highest BCUT2D eigenvalue weighted by Crippen LogP contribution is 2.32. The maximum atomic E-state index is 13.5. The first-order chi connectivity index (χ1) is 15.1. The zero-order chi connectivity index (χ0) is 21.8. The van der Waals surface area contributed by atoms with Crippen molar-refractivity contribution in [2.24, 2.45) is 5.73 Å². The molecule has 3 aromatic rings. The molecule has 0 unspecified atom stereocenters. The number of nitrogens with zero attached hydrogens (tertiary/aromatic N) is 5. The summed E-state index contributed by atoms with van der Waals surface area (Å²) >= 11 is 0. The van der Waals surface area contributed by atoms with Crippen LogP contribution in [-0.4, -0.2) is 46.5 Å². The second kappa shape index (κ2) is 9.33. The lowest BCUT2D eigenvalue weighted by Crippen LogP contribution is -2.44. The highest BCUT2D eigenvalue weighted by atomic mass is 16.5. The molecule has 8 heteroatoms. The first-order valence-electron chi connectivity index (χ1n) is 10.8. The van der Waals surface area contributed by atoms with Crippen LogP contribution < -0.4 is 16.2 Å². The summed E-state index contributed by atoms with van der Waals surface area (Å²) in [6.07, 6.45) is 3.42. The largest absolute Gasteiger partial charge is 0.380 e. The summed E-state index contributed by atoms with van der Waals surface area (Å²) in [6.45, 7) is 5.29. The Balaban J connectivity index is 1.91. The van der Waals surface area contributed by atoms with E-state index < -0.39 is 0 Å². The average molecular weight is 421 g/mol. The third-order valence-electron chi connectivity index (χ3n) is 5.73. The van der Waals surface area contributed by atoms with Gasteiger partial charge in [0.1, 0.15) is 28.5 Å². The molecule has 1 aromatic carbocycles. The van der Waals surface area contributed by atoms with Gasteiger partial charge in [0.15, 0.2) is 0 Å². The summed E-state index contributed by atoms with van der Waals surface area (Å²) in [6, 6.07) is 12.3. The Hall–Kier alpha value is -3.15. The van der Waals surface area contributed by atoms with E-state index in [1.165, 1.54) is 6.33 Å². The second-order valence-corrected chi connectivity index (χ2v) is 7.87. The van der Waals surface area contributed by atoms with E-state index in [1.807, 2.05) is 41.8 Å². The van der Waals surface area contributed by atoms with Crippen molar-refractivity contribution in [3.63, 3.8) is 0 Å². The fourth-order valence-electron chi connectivity index (χ4n) is 4.27. The lowest BCUT2D eigenvalue weighted by molar-refractivity contribution is 0.138. The number of hydrogen-bond acceptors (Lipinski definition) is 6. The summed E-state index contributed by atoms with van der Waals surface area (Å²) in [5.74, 6) is 0.740. The molecule has 0 spiro atoms. The summed E-state index contributed by atoms with van der Waals surface area (Å²) in [4.78, 5) is 20.1. The number of aromatic nitrogens is 3. The van der Waals surface area contributed by atoms with E-state index in [9.17, 15) is 10.1 Å². The van der Waals surface area contributed by atoms with E-state index in [0.29, 0.717) is 49.4 Å². The van der Waals surface area contributed by atoms with Crippen LogP contribution in [-0.2, 0) is 17.8 Å². The van der Waals surface area contributed by atoms with Gasteiger partial charge in [0, 0.05) is 32.3 Å². The highest BCUT2D eigenvalue weighted by molar-refractivity contribution is 5.89. The van der Waals surface area contributed by atoms with Crippen molar-refractivity contribution in [3.05, 3.63) is 58.1 Å². The number of rotatable bonds is 7. The van der Waals surface area contributed by atoms with Gasteiger partial charge in [-0.2, -0.15) is 5.26 Å². The molecule has 162 valence electrons. The van der Waals surface area contributed by atoms with Gasteiger partial charge < -0.3 is 19.9 Å². The SMILES string of the molecule is CCOCCn1cnc2c(C#N)c(N3CCC[C@H](N)C3)n(Cc3ccccc3)c2c1=O.